The van der Waals surface area contributed by atoms with Crippen molar-refractivity contribution < 1.29 is 17.9 Å². The number of nitrogens with zero attached hydrogens (tertiary/aromatic N) is 2. The van der Waals surface area contributed by atoms with Crippen LogP contribution in [0, 0.1) is 5.82 Å². The summed E-state index contributed by atoms with van der Waals surface area (Å²) in [6.45, 7) is 1.15. The van der Waals surface area contributed by atoms with Gasteiger partial charge in [0, 0.05) is 28.7 Å². The molecule has 4 rings (SSSR count). The number of halogens is 2. The number of hydrogen-bond acceptors (Lipinski definition) is 4. The second kappa shape index (κ2) is 7.22. The maximum atomic E-state index is 14.4. The minimum atomic E-state index is -2.51. The van der Waals surface area contributed by atoms with Gasteiger partial charge in [0.05, 0.1) is 5.69 Å². The Morgan fingerprint density at radius 2 is 1.93 bits per heavy atom. The first-order valence-electron chi connectivity index (χ1n) is 8.71. The summed E-state index contributed by atoms with van der Waals surface area (Å²) in [5.41, 5.74) is 2.24. The van der Waals surface area contributed by atoms with Crippen molar-refractivity contribution >= 4 is 40.0 Å². The van der Waals surface area contributed by atoms with Crippen molar-refractivity contribution in [3.05, 3.63) is 52.8 Å². The summed E-state index contributed by atoms with van der Waals surface area (Å²) in [6.07, 6.45) is 2.42. The average Bonchev–Trinajstić information content (AvgIpc) is 3.02. The number of carbonyl (C=O) groups excluding carboxylic acids is 1. The smallest absolute Gasteiger partial charge is 0.249 e. The van der Waals surface area contributed by atoms with Gasteiger partial charge in [-0.2, -0.15) is 0 Å². The molecular weight excluding hydrogens is 391 g/mol. The number of carbonyl (C=O) groups is 1. The molecule has 2 aliphatic rings. The Bertz CT molecular complexity index is 939. The van der Waals surface area contributed by atoms with Crippen LogP contribution in [-0.2, 0) is 22.3 Å². The summed E-state index contributed by atoms with van der Waals surface area (Å²) in [6, 6.07) is 8.92. The molecule has 1 fully saturated rings. The Morgan fingerprint density at radius 3 is 2.67 bits per heavy atom. The molecule has 0 radical (unpaired) electrons. The summed E-state index contributed by atoms with van der Waals surface area (Å²) in [7, 11) is 0. The summed E-state index contributed by atoms with van der Waals surface area (Å²) >= 11 is 3.58. The predicted molar refractivity (Wildman–Crippen MR) is 101 cm³/mol. The molecule has 2 aromatic rings. The third kappa shape index (κ3) is 3.35. The van der Waals surface area contributed by atoms with Crippen LogP contribution in [0.25, 0.3) is 0 Å². The van der Waals surface area contributed by atoms with E-state index in [1.54, 1.807) is 0 Å². The molecule has 1 amide bonds. The quantitative estimate of drug-likeness (QED) is 0.732. The van der Waals surface area contributed by atoms with Crippen LogP contribution < -0.4 is 9.80 Å². The maximum Gasteiger partial charge on any atom is 0.249 e. The number of rotatable bonds is 3. The summed E-state index contributed by atoms with van der Waals surface area (Å²) in [5.74, 6) is -0.885. The summed E-state index contributed by atoms with van der Waals surface area (Å²) in [4.78, 5) is 16.4. The SMILES string of the molecule is O=C1[C@@H](N2CCCc3cc(Cl)ccc32)CCN1c1ccc(S(=O)[O-])cc1F. The summed E-state index contributed by atoms with van der Waals surface area (Å²) in [5, 5.41) is 0.674. The van der Waals surface area contributed by atoms with E-state index in [-0.39, 0.29) is 22.5 Å². The first-order valence-corrected chi connectivity index (χ1v) is 10.2. The highest BCUT2D eigenvalue weighted by Crippen LogP contribution is 2.35. The van der Waals surface area contributed by atoms with Crippen LogP contribution in [0.2, 0.25) is 5.02 Å². The maximum absolute atomic E-state index is 14.4. The Balaban J connectivity index is 1.61. The van der Waals surface area contributed by atoms with Crippen LogP contribution in [-0.4, -0.2) is 33.8 Å². The molecule has 0 bridgehead atoms. The van der Waals surface area contributed by atoms with Crippen LogP contribution in [0.3, 0.4) is 0 Å². The van der Waals surface area contributed by atoms with E-state index in [1.807, 2.05) is 18.2 Å². The van der Waals surface area contributed by atoms with Crippen LogP contribution in [0.15, 0.2) is 41.3 Å². The molecule has 1 unspecified atom stereocenters. The van der Waals surface area contributed by atoms with Gasteiger partial charge < -0.3 is 14.4 Å². The Labute approximate surface area is 164 Å². The Hall–Kier alpha value is -1.96. The predicted octanol–water partition coefficient (Wildman–Crippen LogP) is 3.28. The number of hydrogen-bond donors (Lipinski definition) is 0. The molecule has 2 aromatic carbocycles. The van der Waals surface area contributed by atoms with Crippen LogP contribution in [0.5, 0.6) is 0 Å². The van der Waals surface area contributed by atoms with Crippen molar-refractivity contribution in [1.29, 1.82) is 0 Å². The third-order valence-corrected chi connectivity index (χ3v) is 6.03. The lowest BCUT2D eigenvalue weighted by Gasteiger charge is -2.35. The van der Waals surface area contributed by atoms with E-state index < -0.39 is 16.9 Å². The van der Waals surface area contributed by atoms with Gasteiger partial charge >= 0.3 is 0 Å². The van der Waals surface area contributed by atoms with Crippen LogP contribution >= 0.6 is 11.6 Å². The minimum Gasteiger partial charge on any atom is -0.768 e. The van der Waals surface area contributed by atoms with Gasteiger partial charge in [-0.1, -0.05) is 11.6 Å². The van der Waals surface area contributed by atoms with Gasteiger partial charge in [-0.3, -0.25) is 9.00 Å². The minimum absolute atomic E-state index is 0.116. The molecule has 0 N–H and O–H groups in total. The molecule has 0 aliphatic carbocycles. The number of amides is 1. The van der Waals surface area contributed by atoms with Crippen molar-refractivity contribution in [2.45, 2.75) is 30.2 Å². The topological polar surface area (TPSA) is 63.7 Å². The first kappa shape index (κ1) is 18.4. The highest BCUT2D eigenvalue weighted by Gasteiger charge is 2.39. The lowest BCUT2D eigenvalue weighted by molar-refractivity contribution is -0.118. The number of aryl methyl sites for hydroxylation is 1. The van der Waals surface area contributed by atoms with E-state index >= 15 is 0 Å². The second-order valence-corrected chi connectivity index (χ2v) is 8.09. The van der Waals surface area contributed by atoms with Crippen LogP contribution in [0.4, 0.5) is 15.8 Å². The molecule has 0 saturated carbocycles. The van der Waals surface area contributed by atoms with Gasteiger partial charge in [-0.05, 0) is 72.3 Å². The van der Waals surface area contributed by atoms with E-state index in [0.717, 1.165) is 36.7 Å². The molecule has 0 spiro atoms. The molecule has 0 aromatic heterocycles. The number of fused-ring (bicyclic) bond motifs is 1. The molecule has 2 atom stereocenters. The molecule has 5 nitrogen and oxygen atoms in total. The largest absolute Gasteiger partial charge is 0.768 e. The fourth-order valence-corrected chi connectivity index (χ4v) is 4.50. The number of anilines is 2. The fourth-order valence-electron chi connectivity index (χ4n) is 3.92. The number of benzene rings is 2. The molecular formula is C19H17ClFN2O3S-. The van der Waals surface area contributed by atoms with Gasteiger partial charge in [-0.25, -0.2) is 4.39 Å². The van der Waals surface area contributed by atoms with Crippen molar-refractivity contribution in [2.24, 2.45) is 0 Å². The van der Waals surface area contributed by atoms with Gasteiger partial charge in [0.2, 0.25) is 5.91 Å². The normalized spacial score (nSPS) is 20.7. The lowest BCUT2D eigenvalue weighted by atomic mass is 9.99. The van der Waals surface area contributed by atoms with E-state index in [1.165, 1.54) is 17.0 Å². The summed E-state index contributed by atoms with van der Waals surface area (Å²) < 4.78 is 36.4. The highest BCUT2D eigenvalue weighted by atomic mass is 35.5. The molecule has 1 saturated heterocycles. The van der Waals surface area contributed by atoms with Crippen molar-refractivity contribution in [1.82, 2.24) is 0 Å². The monoisotopic (exact) mass is 407 g/mol. The van der Waals surface area contributed by atoms with E-state index in [9.17, 15) is 17.9 Å². The van der Waals surface area contributed by atoms with E-state index in [0.29, 0.717) is 18.0 Å². The zero-order valence-corrected chi connectivity index (χ0v) is 15.9. The fraction of sp³-hybridized carbons (Fsp3) is 0.316. The molecule has 2 aliphatic heterocycles. The van der Waals surface area contributed by atoms with E-state index in [4.69, 9.17) is 11.6 Å². The van der Waals surface area contributed by atoms with Gasteiger partial charge in [-0.15, -0.1) is 0 Å². The Kier molecular flexibility index (Phi) is 4.92. The van der Waals surface area contributed by atoms with Gasteiger partial charge in [0.25, 0.3) is 0 Å². The zero-order valence-electron chi connectivity index (χ0n) is 14.4. The van der Waals surface area contributed by atoms with Crippen molar-refractivity contribution in [2.75, 3.05) is 22.9 Å². The second-order valence-electron chi connectivity index (χ2n) is 6.71. The van der Waals surface area contributed by atoms with Gasteiger partial charge in [0.1, 0.15) is 11.9 Å². The standard InChI is InChI=1S/C19H18ClFN2O3S/c20-13-3-5-16-12(10-13)2-1-8-22(16)18-7-9-23(19(18)24)17-6-4-14(27(25)26)11-15(17)21/h3-6,10-11,18H,1-2,7-9H2,(H,25,26)/p-1/t18-/m0/s1. The van der Waals surface area contributed by atoms with E-state index in [2.05, 4.69) is 4.90 Å². The zero-order chi connectivity index (χ0) is 19.1. The third-order valence-electron chi connectivity index (χ3n) is 5.15. The molecule has 142 valence electrons. The molecule has 2 heterocycles. The first-order chi connectivity index (χ1) is 13.0. The highest BCUT2D eigenvalue weighted by molar-refractivity contribution is 7.79. The average molecular weight is 408 g/mol. The molecule has 27 heavy (non-hydrogen) atoms. The molecule has 8 heteroatoms. The van der Waals surface area contributed by atoms with Crippen molar-refractivity contribution in [3.63, 3.8) is 0 Å². The van der Waals surface area contributed by atoms with Crippen LogP contribution in [0.1, 0.15) is 18.4 Å². The van der Waals surface area contributed by atoms with Gasteiger partial charge in [0.15, 0.2) is 0 Å². The Morgan fingerprint density at radius 1 is 1.15 bits per heavy atom. The lowest BCUT2D eigenvalue weighted by Crippen LogP contribution is -2.44. The van der Waals surface area contributed by atoms with Crippen molar-refractivity contribution in [3.8, 4) is 0 Å².